The third-order valence-corrected chi connectivity index (χ3v) is 3.39. The quantitative estimate of drug-likeness (QED) is 0.859. The average molecular weight is 344 g/mol. The maximum atomic E-state index is 13.9. The number of hydrazine groups is 1. The van der Waals surface area contributed by atoms with Gasteiger partial charge in [-0.25, -0.2) is 19.6 Å². The molecule has 0 bridgehead atoms. The number of carbonyl (C=O) groups excluding carboxylic acids is 2. The highest BCUT2D eigenvalue weighted by atomic mass is 19.1. The van der Waals surface area contributed by atoms with Crippen LogP contribution in [0.2, 0.25) is 0 Å². The first kappa shape index (κ1) is 18.4. The van der Waals surface area contributed by atoms with Crippen LogP contribution in [0.4, 0.5) is 9.18 Å². The monoisotopic (exact) mass is 344 g/mol. The molecular formula is C19H21FN2O3. The zero-order valence-corrected chi connectivity index (χ0v) is 14.5. The van der Waals surface area contributed by atoms with Gasteiger partial charge < -0.3 is 4.74 Å². The van der Waals surface area contributed by atoms with Crippen LogP contribution in [-0.2, 0) is 11.3 Å². The number of hydrogen-bond donors (Lipinski definition) is 1. The molecule has 2 rings (SSSR count). The van der Waals surface area contributed by atoms with Gasteiger partial charge in [0.25, 0.3) is 5.91 Å². The summed E-state index contributed by atoms with van der Waals surface area (Å²) in [6.07, 6.45) is -0.788. The van der Waals surface area contributed by atoms with Crippen LogP contribution in [0.3, 0.4) is 0 Å². The zero-order chi connectivity index (χ0) is 18.4. The third kappa shape index (κ3) is 5.04. The molecule has 0 aliphatic heterocycles. The van der Waals surface area contributed by atoms with E-state index in [1.165, 1.54) is 18.2 Å². The van der Waals surface area contributed by atoms with Gasteiger partial charge in [-0.3, -0.25) is 4.79 Å². The van der Waals surface area contributed by atoms with E-state index in [2.05, 4.69) is 5.43 Å². The molecule has 2 amide bonds. The van der Waals surface area contributed by atoms with E-state index in [1.54, 1.807) is 26.8 Å². The molecule has 0 spiro atoms. The summed E-state index contributed by atoms with van der Waals surface area (Å²) in [5.74, 6) is -1.30. The molecule has 1 N–H and O–H groups in total. The maximum Gasteiger partial charge on any atom is 0.426 e. The van der Waals surface area contributed by atoms with Gasteiger partial charge in [0, 0.05) is 0 Å². The fourth-order valence-corrected chi connectivity index (χ4v) is 2.12. The number of halogens is 1. The van der Waals surface area contributed by atoms with E-state index < -0.39 is 23.4 Å². The van der Waals surface area contributed by atoms with Crippen molar-refractivity contribution in [3.8, 4) is 0 Å². The van der Waals surface area contributed by atoms with Crippen LogP contribution in [0.25, 0.3) is 0 Å². The van der Waals surface area contributed by atoms with Crippen molar-refractivity contribution in [2.75, 3.05) is 0 Å². The smallest absolute Gasteiger partial charge is 0.426 e. The van der Waals surface area contributed by atoms with E-state index in [9.17, 15) is 14.0 Å². The molecular weight excluding hydrogens is 323 g/mol. The Morgan fingerprint density at radius 2 is 1.64 bits per heavy atom. The number of amides is 2. The molecule has 0 aliphatic carbocycles. The maximum absolute atomic E-state index is 13.9. The summed E-state index contributed by atoms with van der Waals surface area (Å²) in [5, 5.41) is 1.07. The molecule has 0 unspecified atom stereocenters. The number of rotatable bonds is 3. The molecule has 0 aliphatic rings. The summed E-state index contributed by atoms with van der Waals surface area (Å²) in [6.45, 7) is 5.24. The van der Waals surface area contributed by atoms with Crippen LogP contribution in [0.1, 0.15) is 36.7 Å². The van der Waals surface area contributed by atoms with Gasteiger partial charge in [0.05, 0.1) is 11.1 Å². The van der Waals surface area contributed by atoms with E-state index in [4.69, 9.17) is 4.74 Å². The minimum absolute atomic E-state index is 0.0680. The molecule has 0 heterocycles. The lowest BCUT2D eigenvalue weighted by atomic mass is 10.1. The largest absolute Gasteiger partial charge is 0.443 e. The lowest BCUT2D eigenvalue weighted by molar-refractivity contribution is 0.0338. The number of hydrogen-bond acceptors (Lipinski definition) is 3. The van der Waals surface area contributed by atoms with Crippen LogP contribution in [0, 0.1) is 5.82 Å². The molecule has 0 radical (unpaired) electrons. The number of nitrogens with zero attached hydrogens (tertiary/aromatic N) is 1. The van der Waals surface area contributed by atoms with Crippen molar-refractivity contribution < 1.29 is 18.7 Å². The van der Waals surface area contributed by atoms with Crippen LogP contribution in [0.15, 0.2) is 54.6 Å². The Balaban J connectivity index is 2.09. The molecule has 132 valence electrons. The highest BCUT2D eigenvalue weighted by Gasteiger charge is 2.31. The summed E-state index contributed by atoms with van der Waals surface area (Å²) >= 11 is 0. The summed E-state index contributed by atoms with van der Waals surface area (Å²) in [6, 6.07) is 14.8. The normalized spacial score (nSPS) is 10.9. The second-order valence-corrected chi connectivity index (χ2v) is 6.46. The Labute approximate surface area is 146 Å². The molecule has 0 atom stereocenters. The number of carbonyl (C=O) groups is 2. The van der Waals surface area contributed by atoms with Gasteiger partial charge in [-0.15, -0.1) is 0 Å². The number of nitrogens with one attached hydrogen (secondary N) is 1. The summed E-state index contributed by atoms with van der Waals surface area (Å²) < 4.78 is 19.0. The van der Waals surface area contributed by atoms with Crippen LogP contribution >= 0.6 is 0 Å². The zero-order valence-electron chi connectivity index (χ0n) is 14.5. The van der Waals surface area contributed by atoms with Crippen LogP contribution < -0.4 is 5.43 Å². The predicted molar refractivity (Wildman–Crippen MR) is 92.1 cm³/mol. The molecule has 0 saturated carbocycles. The molecule has 5 nitrogen and oxygen atoms in total. The number of benzene rings is 2. The van der Waals surface area contributed by atoms with Crippen molar-refractivity contribution in [2.24, 2.45) is 0 Å². The fourth-order valence-electron chi connectivity index (χ4n) is 2.12. The molecule has 0 fully saturated rings. The van der Waals surface area contributed by atoms with Crippen LogP contribution in [-0.4, -0.2) is 22.5 Å². The topological polar surface area (TPSA) is 58.6 Å². The van der Waals surface area contributed by atoms with Gasteiger partial charge in [-0.2, -0.15) is 0 Å². The minimum Gasteiger partial charge on any atom is -0.443 e. The summed E-state index contributed by atoms with van der Waals surface area (Å²) in [7, 11) is 0. The van der Waals surface area contributed by atoms with Crippen molar-refractivity contribution in [3.63, 3.8) is 0 Å². The van der Waals surface area contributed by atoms with Gasteiger partial charge in [-0.05, 0) is 38.5 Å². The third-order valence-electron chi connectivity index (χ3n) is 3.39. The van der Waals surface area contributed by atoms with Gasteiger partial charge in [0.1, 0.15) is 12.4 Å². The lowest BCUT2D eigenvalue weighted by Crippen LogP contribution is -2.56. The van der Waals surface area contributed by atoms with Crippen molar-refractivity contribution in [2.45, 2.75) is 32.9 Å². The predicted octanol–water partition coefficient (Wildman–Crippen LogP) is 3.91. The highest BCUT2D eigenvalue weighted by molar-refractivity contribution is 5.95. The van der Waals surface area contributed by atoms with E-state index >= 15 is 0 Å². The van der Waals surface area contributed by atoms with E-state index in [1.807, 2.05) is 30.3 Å². The molecule has 2 aromatic rings. The van der Waals surface area contributed by atoms with Crippen molar-refractivity contribution >= 4 is 12.0 Å². The Hall–Kier alpha value is -2.89. The van der Waals surface area contributed by atoms with Crippen molar-refractivity contribution in [1.29, 1.82) is 0 Å². The Bertz CT molecular complexity index is 742. The Kier molecular flexibility index (Phi) is 5.75. The SMILES string of the molecule is CC(C)(C)N(NC(=O)OCc1ccccc1)C(=O)c1ccccc1F. The summed E-state index contributed by atoms with van der Waals surface area (Å²) in [5.41, 5.74) is 2.33. The first-order valence-corrected chi connectivity index (χ1v) is 7.85. The van der Waals surface area contributed by atoms with Crippen molar-refractivity contribution in [1.82, 2.24) is 10.4 Å². The molecule has 0 aromatic heterocycles. The van der Waals surface area contributed by atoms with E-state index in [0.29, 0.717) is 0 Å². The first-order chi connectivity index (χ1) is 11.8. The summed E-state index contributed by atoms with van der Waals surface area (Å²) in [4.78, 5) is 24.7. The molecule has 6 heteroatoms. The Morgan fingerprint density at radius 1 is 1.04 bits per heavy atom. The molecule has 25 heavy (non-hydrogen) atoms. The highest BCUT2D eigenvalue weighted by Crippen LogP contribution is 2.17. The van der Waals surface area contributed by atoms with E-state index in [-0.39, 0.29) is 12.2 Å². The molecule has 2 aromatic carbocycles. The minimum atomic E-state index is -0.788. The van der Waals surface area contributed by atoms with Crippen LogP contribution in [0.5, 0.6) is 0 Å². The standard InChI is InChI=1S/C19H21FN2O3/c1-19(2,3)22(17(23)15-11-7-8-12-16(15)20)21-18(24)25-13-14-9-5-4-6-10-14/h4-12H,13H2,1-3H3,(H,21,24). The second kappa shape index (κ2) is 7.79. The molecule has 0 saturated heterocycles. The van der Waals surface area contributed by atoms with E-state index in [0.717, 1.165) is 10.6 Å². The lowest BCUT2D eigenvalue weighted by Gasteiger charge is -2.35. The number of ether oxygens (including phenoxy) is 1. The van der Waals surface area contributed by atoms with Gasteiger partial charge >= 0.3 is 6.09 Å². The second-order valence-electron chi connectivity index (χ2n) is 6.46. The van der Waals surface area contributed by atoms with Gasteiger partial charge in [0.2, 0.25) is 0 Å². The van der Waals surface area contributed by atoms with Gasteiger partial charge in [-0.1, -0.05) is 42.5 Å². The van der Waals surface area contributed by atoms with Gasteiger partial charge in [0.15, 0.2) is 0 Å². The Morgan fingerprint density at radius 3 is 2.24 bits per heavy atom. The van der Waals surface area contributed by atoms with Crippen molar-refractivity contribution in [3.05, 3.63) is 71.5 Å². The fraction of sp³-hybridized carbons (Fsp3) is 0.263. The first-order valence-electron chi connectivity index (χ1n) is 7.85. The average Bonchev–Trinajstić information content (AvgIpc) is 2.57.